The second-order valence-corrected chi connectivity index (χ2v) is 11.2. The van der Waals surface area contributed by atoms with E-state index in [1.807, 2.05) is 36.4 Å². The van der Waals surface area contributed by atoms with Crippen LogP contribution in [0.15, 0.2) is 60.7 Å². The first-order valence-corrected chi connectivity index (χ1v) is 11.1. The summed E-state index contributed by atoms with van der Waals surface area (Å²) in [7, 11) is -5.27. The van der Waals surface area contributed by atoms with Crippen molar-refractivity contribution in [2.45, 2.75) is 24.6 Å². The Bertz CT molecular complexity index is 837. The van der Waals surface area contributed by atoms with Crippen molar-refractivity contribution in [3.63, 3.8) is 0 Å². The van der Waals surface area contributed by atoms with Crippen molar-refractivity contribution >= 4 is 20.0 Å². The van der Waals surface area contributed by atoms with Crippen LogP contribution in [0.5, 0.6) is 0 Å². The Morgan fingerprint density at radius 3 is 1.31 bits per heavy atom. The third kappa shape index (κ3) is 4.70. The third-order valence-electron chi connectivity index (χ3n) is 4.20. The van der Waals surface area contributed by atoms with Gasteiger partial charge < -0.3 is 0 Å². The summed E-state index contributed by atoms with van der Waals surface area (Å²) in [5.74, 6) is 0. The molecule has 6 nitrogen and oxygen atoms in total. The molecule has 2 aromatic rings. The molecule has 0 spiro atoms. The molecule has 26 heavy (non-hydrogen) atoms. The average Bonchev–Trinajstić information content (AvgIpc) is 2.62. The summed E-state index contributed by atoms with van der Waals surface area (Å²) >= 11 is 0. The Hall–Kier alpha value is -1.74. The van der Waals surface area contributed by atoms with Gasteiger partial charge in [0.2, 0.25) is 20.0 Å². The van der Waals surface area contributed by atoms with E-state index in [0.29, 0.717) is 0 Å². The van der Waals surface area contributed by atoms with E-state index in [2.05, 4.69) is 0 Å². The molecule has 0 saturated heterocycles. The minimum absolute atomic E-state index is 0.117. The third-order valence-corrected chi connectivity index (χ3v) is 9.34. The van der Waals surface area contributed by atoms with Gasteiger partial charge in [-0.15, -0.1) is 0 Å². The van der Waals surface area contributed by atoms with Gasteiger partial charge in [-0.05, 0) is 18.1 Å². The lowest BCUT2D eigenvalue weighted by atomic mass is 10.2. The molecule has 0 aromatic heterocycles. The second-order valence-electron chi connectivity index (χ2n) is 6.14. The zero-order valence-electron chi connectivity index (χ0n) is 15.1. The van der Waals surface area contributed by atoms with Crippen molar-refractivity contribution in [1.29, 1.82) is 0 Å². The molecule has 0 N–H and O–H groups in total. The normalized spacial score (nSPS) is 12.8. The lowest BCUT2D eigenvalue weighted by molar-refractivity contribution is 0.446. The van der Waals surface area contributed by atoms with E-state index in [0.717, 1.165) is 19.7 Å². The van der Waals surface area contributed by atoms with Crippen LogP contribution in [0.3, 0.4) is 0 Å². The highest BCUT2D eigenvalue weighted by molar-refractivity contribution is 8.06. The molecular weight excluding hydrogens is 372 g/mol. The minimum Gasteiger partial charge on any atom is -0.211 e. The standard InChI is InChI=1S/C18H24N2O4S2/c1-16(25(21,22)19(2)14-17-10-6-4-7-11-17)26(23,24)20(3)15-18-12-8-5-9-13-18/h4-13,16H,14-15H2,1-3H3. The molecule has 142 valence electrons. The van der Waals surface area contributed by atoms with Gasteiger partial charge in [-0.1, -0.05) is 60.7 Å². The molecule has 0 amide bonds. The van der Waals surface area contributed by atoms with E-state index in [1.165, 1.54) is 21.0 Å². The van der Waals surface area contributed by atoms with Crippen molar-refractivity contribution in [3.8, 4) is 0 Å². The summed E-state index contributed by atoms with van der Waals surface area (Å²) in [6.07, 6.45) is 0. The highest BCUT2D eigenvalue weighted by atomic mass is 32.3. The van der Waals surface area contributed by atoms with Gasteiger partial charge in [0.1, 0.15) is 0 Å². The van der Waals surface area contributed by atoms with Gasteiger partial charge in [-0.25, -0.2) is 16.8 Å². The maximum Gasteiger partial charge on any atom is 0.232 e. The Kier molecular flexibility index (Phi) is 6.57. The van der Waals surface area contributed by atoms with Crippen LogP contribution in [0.2, 0.25) is 0 Å². The molecule has 0 heterocycles. The first kappa shape index (κ1) is 20.6. The van der Waals surface area contributed by atoms with Crippen molar-refractivity contribution in [2.24, 2.45) is 0 Å². The van der Waals surface area contributed by atoms with Crippen LogP contribution in [0.25, 0.3) is 0 Å². The summed E-state index contributed by atoms with van der Waals surface area (Å²) in [4.78, 5) is 0. The molecule has 0 aliphatic rings. The van der Waals surface area contributed by atoms with Gasteiger partial charge in [0.15, 0.2) is 4.58 Å². The summed E-state index contributed by atoms with van der Waals surface area (Å²) in [6.45, 7) is 1.45. The zero-order chi connectivity index (χ0) is 19.4. The van der Waals surface area contributed by atoms with Crippen LogP contribution < -0.4 is 0 Å². The SMILES string of the molecule is CC(S(=O)(=O)N(C)Cc1ccccc1)S(=O)(=O)N(C)Cc1ccccc1. The lowest BCUT2D eigenvalue weighted by Gasteiger charge is -2.26. The topological polar surface area (TPSA) is 74.8 Å². The first-order valence-electron chi connectivity index (χ1n) is 8.14. The van der Waals surface area contributed by atoms with E-state index in [4.69, 9.17) is 0 Å². The highest BCUT2D eigenvalue weighted by Crippen LogP contribution is 2.20. The quantitative estimate of drug-likeness (QED) is 0.686. The first-order chi connectivity index (χ1) is 12.2. The minimum atomic E-state index is -4.03. The van der Waals surface area contributed by atoms with E-state index in [-0.39, 0.29) is 13.1 Å². The summed E-state index contributed by atoms with van der Waals surface area (Å²) < 4.78 is 51.6. The molecule has 0 atom stereocenters. The Balaban J connectivity index is 2.17. The molecule has 0 unspecified atom stereocenters. The number of benzene rings is 2. The number of nitrogens with zero attached hydrogens (tertiary/aromatic N) is 2. The molecule has 0 bridgehead atoms. The molecular formula is C18H24N2O4S2. The molecule has 2 aromatic carbocycles. The number of hydrogen-bond donors (Lipinski definition) is 0. The molecule has 0 saturated carbocycles. The largest absolute Gasteiger partial charge is 0.232 e. The lowest BCUT2D eigenvalue weighted by Crippen LogP contribution is -2.44. The number of hydrogen-bond acceptors (Lipinski definition) is 4. The van der Waals surface area contributed by atoms with Gasteiger partial charge in [0, 0.05) is 27.2 Å². The highest BCUT2D eigenvalue weighted by Gasteiger charge is 2.39. The van der Waals surface area contributed by atoms with Crippen molar-refractivity contribution in [1.82, 2.24) is 8.61 Å². The molecule has 2 rings (SSSR count). The van der Waals surface area contributed by atoms with Gasteiger partial charge in [0.05, 0.1) is 0 Å². The Morgan fingerprint density at radius 2 is 1.00 bits per heavy atom. The fourth-order valence-corrected chi connectivity index (χ4v) is 6.30. The Morgan fingerprint density at radius 1 is 0.692 bits per heavy atom. The van der Waals surface area contributed by atoms with Crippen molar-refractivity contribution in [2.75, 3.05) is 14.1 Å². The van der Waals surface area contributed by atoms with Crippen LogP contribution in [0.4, 0.5) is 0 Å². The summed E-state index contributed by atoms with van der Waals surface area (Å²) in [5, 5.41) is 0. The van der Waals surface area contributed by atoms with Gasteiger partial charge in [-0.3, -0.25) is 0 Å². The zero-order valence-corrected chi connectivity index (χ0v) is 16.7. The van der Waals surface area contributed by atoms with Crippen LogP contribution >= 0.6 is 0 Å². The number of sulfonamides is 2. The van der Waals surface area contributed by atoms with Gasteiger partial charge in [-0.2, -0.15) is 8.61 Å². The van der Waals surface area contributed by atoms with Crippen LogP contribution in [0.1, 0.15) is 18.1 Å². The predicted molar refractivity (Wildman–Crippen MR) is 103 cm³/mol. The fraction of sp³-hybridized carbons (Fsp3) is 0.333. The molecule has 0 radical (unpaired) electrons. The maximum atomic E-state index is 12.8. The molecule has 0 aliphatic heterocycles. The van der Waals surface area contributed by atoms with Crippen LogP contribution in [-0.4, -0.2) is 44.1 Å². The van der Waals surface area contributed by atoms with Gasteiger partial charge >= 0.3 is 0 Å². The summed E-state index contributed by atoms with van der Waals surface area (Å²) in [6, 6.07) is 18.1. The van der Waals surface area contributed by atoms with Crippen molar-refractivity contribution in [3.05, 3.63) is 71.8 Å². The second kappa shape index (κ2) is 8.30. The summed E-state index contributed by atoms with van der Waals surface area (Å²) in [5.41, 5.74) is 1.58. The molecule has 0 aliphatic carbocycles. The Labute approximate surface area is 156 Å². The predicted octanol–water partition coefficient (Wildman–Crippen LogP) is 2.26. The van der Waals surface area contributed by atoms with E-state index < -0.39 is 24.6 Å². The smallest absolute Gasteiger partial charge is 0.211 e. The maximum absolute atomic E-state index is 12.8. The van der Waals surface area contributed by atoms with E-state index >= 15 is 0 Å². The molecule has 0 fully saturated rings. The average molecular weight is 397 g/mol. The number of rotatable bonds is 8. The van der Waals surface area contributed by atoms with E-state index in [1.54, 1.807) is 24.3 Å². The van der Waals surface area contributed by atoms with Gasteiger partial charge in [0.25, 0.3) is 0 Å². The monoisotopic (exact) mass is 396 g/mol. The fourth-order valence-electron chi connectivity index (χ4n) is 2.52. The van der Waals surface area contributed by atoms with Crippen LogP contribution in [0, 0.1) is 0 Å². The van der Waals surface area contributed by atoms with Crippen molar-refractivity contribution < 1.29 is 16.8 Å². The molecule has 8 heteroatoms. The van der Waals surface area contributed by atoms with E-state index in [9.17, 15) is 16.8 Å². The van der Waals surface area contributed by atoms with Crippen LogP contribution in [-0.2, 0) is 33.1 Å².